The Morgan fingerprint density at radius 3 is 2.50 bits per heavy atom. The highest BCUT2D eigenvalue weighted by Crippen LogP contribution is 2.26. The molecule has 3 aromatic rings. The molecule has 0 radical (unpaired) electrons. The van der Waals surface area contributed by atoms with E-state index in [1.54, 1.807) is 0 Å². The summed E-state index contributed by atoms with van der Waals surface area (Å²) in [6, 6.07) is 16.6. The number of rotatable bonds is 5. The minimum absolute atomic E-state index is 0.662. The maximum absolute atomic E-state index is 5.60. The van der Waals surface area contributed by atoms with E-state index in [9.17, 15) is 0 Å². The van der Waals surface area contributed by atoms with E-state index in [-0.39, 0.29) is 0 Å². The summed E-state index contributed by atoms with van der Waals surface area (Å²) in [5.41, 5.74) is 3.71. The molecule has 0 amide bonds. The summed E-state index contributed by atoms with van der Waals surface area (Å²) < 4.78 is 11.1. The van der Waals surface area contributed by atoms with Gasteiger partial charge >= 0.3 is 0 Å². The van der Waals surface area contributed by atoms with Crippen molar-refractivity contribution in [2.45, 2.75) is 19.5 Å². The highest BCUT2D eigenvalue weighted by molar-refractivity contribution is 5.53. The van der Waals surface area contributed by atoms with Gasteiger partial charge in [0.25, 0.3) is 0 Å². The molecule has 1 saturated heterocycles. The zero-order chi connectivity index (χ0) is 18.8. The molecule has 2 aliphatic heterocycles. The fourth-order valence-electron chi connectivity index (χ4n) is 3.92. The molecule has 28 heavy (non-hydrogen) atoms. The first-order valence-electron chi connectivity index (χ1n) is 9.91. The van der Waals surface area contributed by atoms with Crippen molar-refractivity contribution >= 4 is 0 Å². The number of piperazine rings is 1. The predicted molar refractivity (Wildman–Crippen MR) is 106 cm³/mol. The van der Waals surface area contributed by atoms with Crippen LogP contribution in [0.2, 0.25) is 0 Å². The number of aromatic nitrogens is 2. The first-order chi connectivity index (χ1) is 13.8. The highest BCUT2D eigenvalue weighted by Gasteiger charge is 2.20. The molecule has 5 rings (SSSR count). The van der Waals surface area contributed by atoms with E-state index in [1.165, 1.54) is 11.1 Å². The van der Waals surface area contributed by atoms with E-state index in [0.717, 1.165) is 57.1 Å². The van der Waals surface area contributed by atoms with Crippen molar-refractivity contribution in [1.82, 2.24) is 19.9 Å². The third-order valence-electron chi connectivity index (χ3n) is 5.48. The van der Waals surface area contributed by atoms with Gasteiger partial charge in [-0.05, 0) is 17.2 Å². The number of hydrogen-bond donors (Lipinski definition) is 0. The van der Waals surface area contributed by atoms with Crippen LogP contribution < -0.4 is 4.74 Å². The zero-order valence-electron chi connectivity index (χ0n) is 15.9. The van der Waals surface area contributed by atoms with E-state index in [4.69, 9.17) is 9.26 Å². The third kappa shape index (κ3) is 3.79. The summed E-state index contributed by atoms with van der Waals surface area (Å²) in [5.74, 6) is 2.41. The van der Waals surface area contributed by atoms with Gasteiger partial charge in [0.2, 0.25) is 11.7 Å². The average molecular weight is 376 g/mol. The van der Waals surface area contributed by atoms with Crippen molar-refractivity contribution in [2.24, 2.45) is 0 Å². The Hall–Kier alpha value is -2.70. The number of ether oxygens (including phenoxy) is 1. The Bertz CT molecular complexity index is 933. The van der Waals surface area contributed by atoms with Crippen LogP contribution in [0.4, 0.5) is 0 Å². The number of benzene rings is 2. The molecule has 0 bridgehead atoms. The summed E-state index contributed by atoms with van der Waals surface area (Å²) in [7, 11) is 0. The monoisotopic (exact) mass is 376 g/mol. The summed E-state index contributed by atoms with van der Waals surface area (Å²) in [4.78, 5) is 9.45. The molecule has 0 N–H and O–H groups in total. The van der Waals surface area contributed by atoms with E-state index < -0.39 is 0 Å². The molecular formula is C22H24N4O2. The number of nitrogens with zero attached hydrogens (tertiary/aromatic N) is 4. The van der Waals surface area contributed by atoms with Crippen LogP contribution in [0.1, 0.15) is 17.0 Å². The van der Waals surface area contributed by atoms with Crippen LogP contribution in [-0.4, -0.2) is 52.7 Å². The van der Waals surface area contributed by atoms with Crippen LogP contribution >= 0.6 is 0 Å². The SMILES string of the molecule is c1ccc(-c2noc(CN3CCN(Cc4ccc5c(c4)CCO5)CC3)n2)cc1. The third-order valence-corrected chi connectivity index (χ3v) is 5.48. The lowest BCUT2D eigenvalue weighted by molar-refractivity contribution is 0.112. The maximum atomic E-state index is 5.60. The summed E-state index contributed by atoms with van der Waals surface area (Å²) >= 11 is 0. The molecule has 2 aromatic carbocycles. The standard InChI is InChI=1S/C22H24N4O2/c1-2-4-18(5-3-1)22-23-21(28-24-22)16-26-11-9-25(10-12-26)15-17-6-7-20-19(14-17)8-13-27-20/h1-7,14H,8-13,15-16H2. The molecule has 6 nitrogen and oxygen atoms in total. The lowest BCUT2D eigenvalue weighted by Gasteiger charge is -2.34. The quantitative estimate of drug-likeness (QED) is 0.682. The molecule has 0 aliphatic carbocycles. The van der Waals surface area contributed by atoms with Gasteiger partial charge in [-0.15, -0.1) is 0 Å². The van der Waals surface area contributed by atoms with Crippen molar-refractivity contribution in [3.05, 3.63) is 65.5 Å². The molecule has 0 atom stereocenters. The predicted octanol–water partition coefficient (Wildman–Crippen LogP) is 2.99. The van der Waals surface area contributed by atoms with Gasteiger partial charge in [0.05, 0.1) is 13.2 Å². The van der Waals surface area contributed by atoms with Gasteiger partial charge in [-0.2, -0.15) is 4.98 Å². The van der Waals surface area contributed by atoms with Crippen molar-refractivity contribution in [3.63, 3.8) is 0 Å². The molecule has 0 saturated carbocycles. The second-order valence-corrected chi connectivity index (χ2v) is 7.47. The van der Waals surface area contributed by atoms with Gasteiger partial charge in [0.1, 0.15) is 5.75 Å². The Morgan fingerprint density at radius 2 is 1.68 bits per heavy atom. The van der Waals surface area contributed by atoms with Gasteiger partial charge in [0.15, 0.2) is 0 Å². The summed E-state index contributed by atoms with van der Waals surface area (Å²) in [5, 5.41) is 4.12. The Balaban J connectivity index is 1.14. The van der Waals surface area contributed by atoms with Crippen molar-refractivity contribution in [3.8, 4) is 17.1 Å². The molecule has 0 unspecified atom stereocenters. The molecule has 0 spiro atoms. The second-order valence-electron chi connectivity index (χ2n) is 7.47. The number of hydrogen-bond acceptors (Lipinski definition) is 6. The second kappa shape index (κ2) is 7.73. The summed E-state index contributed by atoms with van der Waals surface area (Å²) in [6.45, 7) is 6.65. The highest BCUT2D eigenvalue weighted by atomic mass is 16.5. The van der Waals surface area contributed by atoms with Gasteiger partial charge < -0.3 is 9.26 Å². The first kappa shape index (κ1) is 17.4. The van der Waals surface area contributed by atoms with Crippen molar-refractivity contribution in [1.29, 1.82) is 0 Å². The normalized spacial score (nSPS) is 17.4. The van der Waals surface area contributed by atoms with E-state index >= 15 is 0 Å². The van der Waals surface area contributed by atoms with Crippen LogP contribution in [0.3, 0.4) is 0 Å². The Morgan fingerprint density at radius 1 is 0.893 bits per heavy atom. The van der Waals surface area contributed by atoms with Crippen LogP contribution in [-0.2, 0) is 19.5 Å². The Labute approximate surface area is 164 Å². The molecular weight excluding hydrogens is 352 g/mol. The van der Waals surface area contributed by atoms with E-state index in [2.05, 4.69) is 38.1 Å². The van der Waals surface area contributed by atoms with Gasteiger partial charge in [0, 0.05) is 44.7 Å². The fourth-order valence-corrected chi connectivity index (χ4v) is 3.92. The van der Waals surface area contributed by atoms with Gasteiger partial charge in [-0.25, -0.2) is 0 Å². The largest absolute Gasteiger partial charge is 0.493 e. The van der Waals surface area contributed by atoms with Gasteiger partial charge in [-0.1, -0.05) is 47.6 Å². The van der Waals surface area contributed by atoms with Crippen LogP contribution in [0, 0.1) is 0 Å². The van der Waals surface area contributed by atoms with Gasteiger partial charge in [-0.3, -0.25) is 9.80 Å². The lowest BCUT2D eigenvalue weighted by atomic mass is 10.1. The van der Waals surface area contributed by atoms with E-state index in [1.807, 2.05) is 30.3 Å². The maximum Gasteiger partial charge on any atom is 0.241 e. The Kier molecular flexibility index (Phi) is 4.81. The molecule has 6 heteroatoms. The molecule has 3 heterocycles. The van der Waals surface area contributed by atoms with Crippen LogP contribution in [0.5, 0.6) is 5.75 Å². The molecule has 144 valence electrons. The first-order valence-corrected chi connectivity index (χ1v) is 9.91. The van der Waals surface area contributed by atoms with Crippen LogP contribution in [0.15, 0.2) is 53.1 Å². The lowest BCUT2D eigenvalue weighted by Crippen LogP contribution is -2.45. The molecule has 2 aliphatic rings. The number of fused-ring (bicyclic) bond motifs is 1. The van der Waals surface area contributed by atoms with Crippen LogP contribution in [0.25, 0.3) is 11.4 Å². The minimum Gasteiger partial charge on any atom is -0.493 e. The fraction of sp³-hybridized carbons (Fsp3) is 0.364. The topological polar surface area (TPSA) is 54.6 Å². The summed E-state index contributed by atoms with van der Waals surface area (Å²) in [6.07, 6.45) is 1.03. The van der Waals surface area contributed by atoms with E-state index in [0.29, 0.717) is 18.3 Å². The zero-order valence-corrected chi connectivity index (χ0v) is 15.9. The molecule has 1 aromatic heterocycles. The average Bonchev–Trinajstić information content (AvgIpc) is 3.39. The molecule has 1 fully saturated rings. The smallest absolute Gasteiger partial charge is 0.241 e. The van der Waals surface area contributed by atoms with Crippen molar-refractivity contribution in [2.75, 3.05) is 32.8 Å². The minimum atomic E-state index is 0.662. The van der Waals surface area contributed by atoms with Crippen molar-refractivity contribution < 1.29 is 9.26 Å².